The summed E-state index contributed by atoms with van der Waals surface area (Å²) in [5, 5.41) is 0.490. The predicted octanol–water partition coefficient (Wildman–Crippen LogP) is 4.00. The van der Waals surface area contributed by atoms with Gasteiger partial charge in [0, 0.05) is 16.6 Å². The van der Waals surface area contributed by atoms with Crippen molar-refractivity contribution in [1.82, 2.24) is 4.98 Å². The molecule has 0 bridgehead atoms. The zero-order valence-corrected chi connectivity index (χ0v) is 11.2. The highest BCUT2D eigenvalue weighted by atomic mass is 35.5. The lowest BCUT2D eigenvalue weighted by molar-refractivity contribution is 0.297. The number of rotatable bonds is 3. The van der Waals surface area contributed by atoms with Crippen molar-refractivity contribution in [3.05, 3.63) is 53.3 Å². The Morgan fingerprint density at radius 1 is 1.28 bits per heavy atom. The summed E-state index contributed by atoms with van der Waals surface area (Å²) in [7, 11) is 0. The van der Waals surface area contributed by atoms with Gasteiger partial charge < -0.3 is 4.74 Å². The first-order chi connectivity index (χ1) is 8.83. The molecule has 1 atom stereocenters. The number of nitrogens with zero attached hydrogens (tertiary/aromatic N) is 1. The van der Waals surface area contributed by atoms with Gasteiger partial charge in [-0.25, -0.2) is 4.98 Å². The second-order valence-electron chi connectivity index (χ2n) is 4.17. The largest absolute Gasteiger partial charge is 0.491 e. The van der Waals surface area contributed by atoms with E-state index in [-0.39, 0.29) is 0 Å². The zero-order chi connectivity index (χ0) is 12.4. The van der Waals surface area contributed by atoms with Gasteiger partial charge in [-0.2, -0.15) is 0 Å². The smallest absolute Gasteiger partial charge is 0.137 e. The van der Waals surface area contributed by atoms with E-state index in [1.807, 2.05) is 17.8 Å². The molecular weight excluding hydrogens is 266 g/mol. The van der Waals surface area contributed by atoms with Crippen molar-refractivity contribution in [2.75, 3.05) is 12.4 Å². The minimum atomic E-state index is 0.460. The first kappa shape index (κ1) is 11.9. The summed E-state index contributed by atoms with van der Waals surface area (Å²) in [5.74, 6) is 2.32. The molecular formula is C14H12ClNOS. The van der Waals surface area contributed by atoms with E-state index in [9.17, 15) is 0 Å². The maximum atomic E-state index is 5.77. The number of pyridine rings is 1. The lowest BCUT2D eigenvalue weighted by Crippen LogP contribution is -2.09. The van der Waals surface area contributed by atoms with E-state index in [0.29, 0.717) is 17.7 Å². The fraction of sp³-hybridized carbons (Fsp3) is 0.214. The molecule has 0 amide bonds. The van der Waals surface area contributed by atoms with Crippen LogP contribution in [0.3, 0.4) is 0 Å². The predicted molar refractivity (Wildman–Crippen MR) is 74.6 cm³/mol. The Hall–Kier alpha value is -1.19. The number of halogens is 1. The van der Waals surface area contributed by atoms with Crippen LogP contribution in [0.4, 0.5) is 0 Å². The van der Waals surface area contributed by atoms with Crippen molar-refractivity contribution in [1.29, 1.82) is 0 Å². The van der Waals surface area contributed by atoms with Crippen LogP contribution in [0.5, 0.6) is 5.75 Å². The Morgan fingerprint density at radius 3 is 3.00 bits per heavy atom. The number of thioether (sulfide) groups is 1. The fourth-order valence-electron chi connectivity index (χ4n) is 2.01. The van der Waals surface area contributed by atoms with E-state index in [1.165, 1.54) is 10.5 Å². The molecule has 0 saturated heterocycles. The summed E-state index contributed by atoms with van der Waals surface area (Å²) in [4.78, 5) is 5.38. The lowest BCUT2D eigenvalue weighted by Gasteiger charge is -2.12. The normalized spacial score (nSPS) is 17.5. The Kier molecular flexibility index (Phi) is 3.43. The molecule has 4 heteroatoms. The summed E-state index contributed by atoms with van der Waals surface area (Å²) in [6.45, 7) is 0.688. The molecule has 0 N–H and O–H groups in total. The van der Waals surface area contributed by atoms with Crippen molar-refractivity contribution in [2.24, 2.45) is 0 Å². The van der Waals surface area contributed by atoms with Crippen LogP contribution in [0.25, 0.3) is 0 Å². The lowest BCUT2D eigenvalue weighted by atomic mass is 10.0. The van der Waals surface area contributed by atoms with Crippen molar-refractivity contribution >= 4 is 23.4 Å². The third-order valence-electron chi connectivity index (χ3n) is 2.95. The molecule has 1 aliphatic rings. The molecule has 1 unspecified atom stereocenters. The summed E-state index contributed by atoms with van der Waals surface area (Å²) in [5.41, 5.74) is 1.39. The minimum Gasteiger partial charge on any atom is -0.491 e. The van der Waals surface area contributed by atoms with Crippen molar-refractivity contribution < 1.29 is 4.74 Å². The van der Waals surface area contributed by atoms with E-state index < -0.39 is 0 Å². The van der Waals surface area contributed by atoms with Crippen molar-refractivity contribution in [3.8, 4) is 5.75 Å². The quantitative estimate of drug-likeness (QED) is 0.792. The molecule has 2 nitrogen and oxygen atoms in total. The van der Waals surface area contributed by atoms with Gasteiger partial charge in [0.15, 0.2) is 0 Å². The van der Waals surface area contributed by atoms with Crippen LogP contribution in [-0.2, 0) is 0 Å². The minimum absolute atomic E-state index is 0.460. The van der Waals surface area contributed by atoms with E-state index in [1.54, 1.807) is 12.3 Å². The molecule has 18 heavy (non-hydrogen) atoms. The second kappa shape index (κ2) is 5.21. The summed E-state index contributed by atoms with van der Waals surface area (Å²) in [6, 6.07) is 12.1. The summed E-state index contributed by atoms with van der Waals surface area (Å²) >= 11 is 7.63. The van der Waals surface area contributed by atoms with Crippen LogP contribution in [0.15, 0.2) is 47.5 Å². The van der Waals surface area contributed by atoms with Gasteiger partial charge in [-0.15, -0.1) is 11.8 Å². The van der Waals surface area contributed by atoms with E-state index in [4.69, 9.17) is 16.3 Å². The van der Waals surface area contributed by atoms with Gasteiger partial charge in [0.25, 0.3) is 0 Å². The first-order valence-corrected chi connectivity index (χ1v) is 7.15. The van der Waals surface area contributed by atoms with Gasteiger partial charge in [-0.3, -0.25) is 0 Å². The highest BCUT2D eigenvalue weighted by molar-refractivity contribution is 7.99. The Bertz CT molecular complexity index is 544. The average molecular weight is 278 g/mol. The van der Waals surface area contributed by atoms with E-state index in [2.05, 4.69) is 29.2 Å². The van der Waals surface area contributed by atoms with Gasteiger partial charge in [0.05, 0.1) is 12.8 Å². The molecule has 3 rings (SSSR count). The molecule has 2 heterocycles. The topological polar surface area (TPSA) is 22.1 Å². The molecule has 0 aliphatic carbocycles. The van der Waals surface area contributed by atoms with Crippen molar-refractivity contribution in [2.45, 2.75) is 10.8 Å². The number of fused-ring (bicyclic) bond motifs is 1. The van der Waals surface area contributed by atoms with Gasteiger partial charge in [0.1, 0.15) is 10.9 Å². The number of aromatic nitrogens is 1. The molecule has 1 aromatic heterocycles. The van der Waals surface area contributed by atoms with Crippen LogP contribution in [0.1, 0.15) is 11.5 Å². The number of benzene rings is 1. The molecule has 1 aliphatic heterocycles. The molecule has 92 valence electrons. The monoisotopic (exact) mass is 277 g/mol. The number of ether oxygens (including phenoxy) is 1. The number of hydrogen-bond donors (Lipinski definition) is 0. The van der Waals surface area contributed by atoms with Gasteiger partial charge >= 0.3 is 0 Å². The maximum absolute atomic E-state index is 5.77. The second-order valence-corrected chi connectivity index (χ2v) is 5.62. The Morgan fingerprint density at radius 2 is 2.17 bits per heavy atom. The highest BCUT2D eigenvalue weighted by Crippen LogP contribution is 2.39. The third kappa shape index (κ3) is 2.47. The maximum Gasteiger partial charge on any atom is 0.137 e. The van der Waals surface area contributed by atoms with Crippen LogP contribution >= 0.6 is 23.4 Å². The third-order valence-corrected chi connectivity index (χ3v) is 4.43. The first-order valence-electron chi connectivity index (χ1n) is 5.79. The average Bonchev–Trinajstić information content (AvgIpc) is 2.82. The molecule has 0 saturated carbocycles. The van der Waals surface area contributed by atoms with Gasteiger partial charge in [-0.05, 0) is 23.8 Å². The summed E-state index contributed by atoms with van der Waals surface area (Å²) in [6.07, 6.45) is 1.66. The van der Waals surface area contributed by atoms with Crippen LogP contribution in [0, 0.1) is 0 Å². The van der Waals surface area contributed by atoms with Gasteiger partial charge in [0.2, 0.25) is 0 Å². The fourth-order valence-corrected chi connectivity index (χ4v) is 3.36. The Labute approximate surface area is 115 Å². The molecule has 0 fully saturated rings. The van der Waals surface area contributed by atoms with Gasteiger partial charge in [-0.1, -0.05) is 29.8 Å². The molecule has 0 radical (unpaired) electrons. The van der Waals surface area contributed by atoms with Crippen LogP contribution in [0.2, 0.25) is 5.15 Å². The van der Waals surface area contributed by atoms with E-state index in [0.717, 1.165) is 11.5 Å². The SMILES string of the molecule is Clc1ccc(OCC2CSc3ccccc32)cn1. The zero-order valence-electron chi connectivity index (χ0n) is 9.67. The molecule has 2 aromatic rings. The number of hydrogen-bond acceptors (Lipinski definition) is 3. The van der Waals surface area contributed by atoms with Crippen LogP contribution < -0.4 is 4.74 Å². The highest BCUT2D eigenvalue weighted by Gasteiger charge is 2.23. The van der Waals surface area contributed by atoms with Crippen molar-refractivity contribution in [3.63, 3.8) is 0 Å². The summed E-state index contributed by atoms with van der Waals surface area (Å²) < 4.78 is 5.77. The Balaban J connectivity index is 1.67. The molecule has 0 spiro atoms. The molecule has 1 aromatic carbocycles. The van der Waals surface area contributed by atoms with Crippen LogP contribution in [-0.4, -0.2) is 17.3 Å². The van der Waals surface area contributed by atoms with E-state index >= 15 is 0 Å². The standard InChI is InChI=1S/C14H12ClNOS/c15-14-6-5-11(7-16-14)17-8-10-9-18-13-4-2-1-3-12(10)13/h1-7,10H,8-9H2.